The summed E-state index contributed by atoms with van der Waals surface area (Å²) in [6, 6.07) is 17.5. The van der Waals surface area contributed by atoms with E-state index in [0.717, 1.165) is 11.1 Å². The van der Waals surface area contributed by atoms with E-state index in [1.807, 2.05) is 61.5 Å². The van der Waals surface area contributed by atoms with Crippen LogP contribution in [0, 0.1) is 6.92 Å². The van der Waals surface area contributed by atoms with E-state index >= 15 is 0 Å². The van der Waals surface area contributed by atoms with Crippen molar-refractivity contribution >= 4 is 11.8 Å². The van der Waals surface area contributed by atoms with Crippen molar-refractivity contribution in [3.63, 3.8) is 0 Å². The smallest absolute Gasteiger partial charge is 0.242 e. The Kier molecular flexibility index (Phi) is 6.75. The van der Waals surface area contributed by atoms with Crippen molar-refractivity contribution in [3.8, 4) is 0 Å². The molecule has 4 heteroatoms. The molecule has 0 aromatic heterocycles. The van der Waals surface area contributed by atoms with Crippen molar-refractivity contribution in [1.82, 2.24) is 10.2 Å². The number of aryl methyl sites for hydroxylation is 2. The Morgan fingerprint density at radius 3 is 2.24 bits per heavy atom. The molecule has 2 rings (SSSR count). The van der Waals surface area contributed by atoms with E-state index in [0.29, 0.717) is 19.4 Å². The molecule has 2 aromatic carbocycles. The number of likely N-dealkylation sites (N-methyl/N-ethyl adjacent to an activating group) is 1. The van der Waals surface area contributed by atoms with Crippen molar-refractivity contribution in [2.45, 2.75) is 39.3 Å². The lowest BCUT2D eigenvalue weighted by atomic mass is 10.1. The van der Waals surface area contributed by atoms with Crippen molar-refractivity contribution in [1.29, 1.82) is 0 Å². The number of nitrogens with one attached hydrogen (secondary N) is 1. The van der Waals surface area contributed by atoms with Crippen LogP contribution >= 0.6 is 0 Å². The average Bonchev–Trinajstić information content (AvgIpc) is 2.65. The summed E-state index contributed by atoms with van der Waals surface area (Å²) in [7, 11) is 1.59. The number of rotatable bonds is 7. The van der Waals surface area contributed by atoms with Crippen LogP contribution in [0.5, 0.6) is 0 Å². The Labute approximate surface area is 149 Å². The third-order valence-electron chi connectivity index (χ3n) is 4.36. The standard InChI is InChI=1S/C21H26N2O2/c1-16-9-11-19(12-10-16)15-23(17(2)21(25)22-3)20(24)14-13-18-7-5-4-6-8-18/h4-12,17H,13-15H2,1-3H3,(H,22,25)/t17-/m0/s1. The van der Waals surface area contributed by atoms with E-state index in [4.69, 9.17) is 0 Å². The van der Waals surface area contributed by atoms with Gasteiger partial charge in [-0.3, -0.25) is 9.59 Å². The van der Waals surface area contributed by atoms with Gasteiger partial charge in [-0.25, -0.2) is 0 Å². The minimum Gasteiger partial charge on any atom is -0.357 e. The molecule has 0 saturated carbocycles. The molecule has 25 heavy (non-hydrogen) atoms. The molecule has 1 atom stereocenters. The van der Waals surface area contributed by atoms with Crippen molar-refractivity contribution < 1.29 is 9.59 Å². The summed E-state index contributed by atoms with van der Waals surface area (Å²) in [5.74, 6) is -0.166. The number of carbonyl (C=O) groups is 2. The van der Waals surface area contributed by atoms with Gasteiger partial charge in [-0.2, -0.15) is 0 Å². The third kappa shape index (κ3) is 5.45. The zero-order valence-corrected chi connectivity index (χ0v) is 15.2. The minimum absolute atomic E-state index is 0.0134. The average molecular weight is 338 g/mol. The molecule has 0 heterocycles. The third-order valence-corrected chi connectivity index (χ3v) is 4.36. The molecular formula is C21H26N2O2. The number of nitrogens with zero attached hydrogens (tertiary/aromatic N) is 1. The summed E-state index contributed by atoms with van der Waals surface area (Å²) < 4.78 is 0. The van der Waals surface area contributed by atoms with Gasteiger partial charge in [0.25, 0.3) is 0 Å². The van der Waals surface area contributed by atoms with E-state index in [2.05, 4.69) is 5.32 Å². The first kappa shape index (κ1) is 18.7. The summed E-state index contributed by atoms with van der Waals surface area (Å²) in [6.07, 6.45) is 1.06. The van der Waals surface area contributed by atoms with Crippen LogP contribution < -0.4 is 5.32 Å². The maximum absolute atomic E-state index is 12.8. The maximum atomic E-state index is 12.8. The molecule has 2 aromatic rings. The van der Waals surface area contributed by atoms with Crippen LogP contribution in [-0.2, 0) is 22.6 Å². The SMILES string of the molecule is CNC(=O)[C@H](C)N(Cc1ccc(C)cc1)C(=O)CCc1ccccc1. The summed E-state index contributed by atoms with van der Waals surface area (Å²) in [6.45, 7) is 4.23. The molecule has 0 bridgehead atoms. The lowest BCUT2D eigenvalue weighted by Gasteiger charge is -2.28. The number of amides is 2. The van der Waals surface area contributed by atoms with E-state index in [1.54, 1.807) is 18.9 Å². The molecular weight excluding hydrogens is 312 g/mol. The Morgan fingerprint density at radius 2 is 1.64 bits per heavy atom. The van der Waals surface area contributed by atoms with Gasteiger partial charge in [0.15, 0.2) is 0 Å². The highest BCUT2D eigenvalue weighted by atomic mass is 16.2. The predicted molar refractivity (Wildman–Crippen MR) is 100 cm³/mol. The largest absolute Gasteiger partial charge is 0.357 e. The van der Waals surface area contributed by atoms with Gasteiger partial charge in [-0.05, 0) is 31.4 Å². The van der Waals surface area contributed by atoms with Gasteiger partial charge >= 0.3 is 0 Å². The molecule has 0 spiro atoms. The minimum atomic E-state index is -0.505. The summed E-state index contributed by atoms with van der Waals surface area (Å²) in [5, 5.41) is 2.64. The van der Waals surface area contributed by atoms with Crippen molar-refractivity contribution in [2.24, 2.45) is 0 Å². The molecule has 0 fully saturated rings. The van der Waals surface area contributed by atoms with Crippen LogP contribution in [0.25, 0.3) is 0 Å². The second-order valence-corrected chi connectivity index (χ2v) is 6.28. The molecule has 0 aliphatic rings. The fraction of sp³-hybridized carbons (Fsp3) is 0.333. The first-order valence-electron chi connectivity index (χ1n) is 8.62. The predicted octanol–water partition coefficient (Wildman–Crippen LogP) is 3.09. The first-order chi connectivity index (χ1) is 12.0. The van der Waals surface area contributed by atoms with Gasteiger partial charge in [0.1, 0.15) is 6.04 Å². The highest BCUT2D eigenvalue weighted by molar-refractivity contribution is 5.87. The summed E-state index contributed by atoms with van der Waals surface area (Å²) in [5.41, 5.74) is 3.32. The molecule has 4 nitrogen and oxygen atoms in total. The number of hydrogen-bond acceptors (Lipinski definition) is 2. The van der Waals surface area contributed by atoms with E-state index in [-0.39, 0.29) is 11.8 Å². The van der Waals surface area contributed by atoms with Gasteiger partial charge in [-0.1, -0.05) is 60.2 Å². The zero-order valence-electron chi connectivity index (χ0n) is 15.2. The zero-order chi connectivity index (χ0) is 18.2. The van der Waals surface area contributed by atoms with Crippen LogP contribution in [0.2, 0.25) is 0 Å². The number of hydrogen-bond donors (Lipinski definition) is 1. The monoisotopic (exact) mass is 338 g/mol. The summed E-state index contributed by atoms with van der Waals surface area (Å²) in [4.78, 5) is 26.5. The highest BCUT2D eigenvalue weighted by Crippen LogP contribution is 2.13. The lowest BCUT2D eigenvalue weighted by molar-refractivity contribution is -0.140. The Morgan fingerprint density at radius 1 is 1.00 bits per heavy atom. The Hall–Kier alpha value is -2.62. The van der Waals surface area contributed by atoms with Crippen molar-refractivity contribution in [3.05, 3.63) is 71.3 Å². The van der Waals surface area contributed by atoms with E-state index < -0.39 is 6.04 Å². The molecule has 1 N–H and O–H groups in total. The number of benzene rings is 2. The van der Waals surface area contributed by atoms with Crippen LogP contribution in [0.1, 0.15) is 30.0 Å². The normalized spacial score (nSPS) is 11.6. The molecule has 0 saturated heterocycles. The molecule has 0 unspecified atom stereocenters. The highest BCUT2D eigenvalue weighted by Gasteiger charge is 2.25. The second-order valence-electron chi connectivity index (χ2n) is 6.28. The van der Waals surface area contributed by atoms with Gasteiger partial charge < -0.3 is 10.2 Å². The van der Waals surface area contributed by atoms with Gasteiger partial charge in [0.2, 0.25) is 11.8 Å². The molecule has 132 valence electrons. The van der Waals surface area contributed by atoms with Crippen LogP contribution in [-0.4, -0.2) is 29.8 Å². The van der Waals surface area contributed by atoms with Crippen molar-refractivity contribution in [2.75, 3.05) is 7.05 Å². The Bertz CT molecular complexity index is 696. The van der Waals surface area contributed by atoms with Crippen LogP contribution in [0.4, 0.5) is 0 Å². The summed E-state index contributed by atoms with van der Waals surface area (Å²) >= 11 is 0. The van der Waals surface area contributed by atoms with E-state index in [9.17, 15) is 9.59 Å². The Balaban J connectivity index is 2.10. The molecule has 0 aliphatic carbocycles. The molecule has 0 aliphatic heterocycles. The van der Waals surface area contributed by atoms with E-state index in [1.165, 1.54) is 5.56 Å². The first-order valence-corrected chi connectivity index (χ1v) is 8.62. The fourth-order valence-electron chi connectivity index (χ4n) is 2.72. The van der Waals surface area contributed by atoms with Crippen LogP contribution in [0.15, 0.2) is 54.6 Å². The van der Waals surface area contributed by atoms with Gasteiger partial charge in [0.05, 0.1) is 0 Å². The molecule has 0 radical (unpaired) electrons. The molecule has 2 amide bonds. The fourth-order valence-corrected chi connectivity index (χ4v) is 2.72. The maximum Gasteiger partial charge on any atom is 0.242 e. The lowest BCUT2D eigenvalue weighted by Crippen LogP contribution is -2.46. The van der Waals surface area contributed by atoms with Gasteiger partial charge in [0, 0.05) is 20.0 Å². The quantitative estimate of drug-likeness (QED) is 0.843. The topological polar surface area (TPSA) is 49.4 Å². The second kappa shape index (κ2) is 9.02. The number of carbonyl (C=O) groups excluding carboxylic acids is 2. The van der Waals surface area contributed by atoms with Crippen LogP contribution in [0.3, 0.4) is 0 Å². The van der Waals surface area contributed by atoms with Gasteiger partial charge in [-0.15, -0.1) is 0 Å².